The molecule has 0 aliphatic carbocycles. The normalized spacial score (nSPS) is 12.4. The molecule has 0 saturated heterocycles. The van der Waals surface area contributed by atoms with Gasteiger partial charge in [0.1, 0.15) is 0 Å². The highest BCUT2D eigenvalue weighted by molar-refractivity contribution is 9.10. The predicted octanol–water partition coefficient (Wildman–Crippen LogP) is 5.50. The maximum absolute atomic E-state index is 5.99. The Morgan fingerprint density at radius 1 is 1.44 bits per heavy atom. The van der Waals surface area contributed by atoms with Gasteiger partial charge in [0.15, 0.2) is 0 Å². The lowest BCUT2D eigenvalue weighted by atomic mass is 9.98. The zero-order valence-corrected chi connectivity index (χ0v) is 13.4. The Hall–Kier alpha value is -0.310. The van der Waals surface area contributed by atoms with Crippen molar-refractivity contribution in [1.82, 2.24) is 5.32 Å². The topological polar surface area (TPSA) is 12.0 Å². The molecule has 0 aliphatic rings. The summed E-state index contributed by atoms with van der Waals surface area (Å²) in [7, 11) is 0. The highest BCUT2D eigenvalue weighted by Gasteiger charge is 2.14. The van der Waals surface area contributed by atoms with Crippen LogP contribution in [-0.2, 0) is 0 Å². The van der Waals surface area contributed by atoms with Crippen molar-refractivity contribution in [2.45, 2.75) is 39.2 Å². The van der Waals surface area contributed by atoms with Crippen LogP contribution < -0.4 is 5.32 Å². The number of rotatable bonds is 7. The van der Waals surface area contributed by atoms with Gasteiger partial charge in [0, 0.05) is 15.5 Å². The maximum Gasteiger partial charge on any atom is 0.0417 e. The third-order valence-electron chi connectivity index (χ3n) is 2.97. The van der Waals surface area contributed by atoms with Crippen molar-refractivity contribution < 1.29 is 0 Å². The first-order chi connectivity index (χ1) is 8.58. The van der Waals surface area contributed by atoms with Crippen LogP contribution in [0, 0.1) is 0 Å². The lowest BCUT2D eigenvalue weighted by Crippen LogP contribution is -2.23. The molecule has 1 aromatic rings. The van der Waals surface area contributed by atoms with Gasteiger partial charge in [0.2, 0.25) is 0 Å². The predicted molar refractivity (Wildman–Crippen MR) is 84.2 cm³/mol. The molecular weight excluding hydrogens is 310 g/mol. The van der Waals surface area contributed by atoms with Gasteiger partial charge < -0.3 is 5.32 Å². The van der Waals surface area contributed by atoms with Crippen molar-refractivity contribution in [1.29, 1.82) is 0 Å². The van der Waals surface area contributed by atoms with E-state index in [-0.39, 0.29) is 0 Å². The Kier molecular flexibility index (Phi) is 6.98. The van der Waals surface area contributed by atoms with Crippen LogP contribution in [0.5, 0.6) is 0 Å². The molecule has 0 fully saturated rings. The monoisotopic (exact) mass is 329 g/mol. The first kappa shape index (κ1) is 15.7. The summed E-state index contributed by atoms with van der Waals surface area (Å²) in [6.45, 7) is 9.45. The number of halogens is 2. The molecule has 0 heterocycles. The standard InChI is InChI=1S/C15H21BrClN/c1-4-8-18-15(9-11(3)5-2)13-7-6-12(17)10-14(13)16/h6-7,10,15,18H,3-5,8-9H2,1-2H3. The summed E-state index contributed by atoms with van der Waals surface area (Å²) in [5, 5.41) is 4.34. The average Bonchev–Trinajstić information content (AvgIpc) is 2.34. The molecule has 0 bridgehead atoms. The molecule has 1 nitrogen and oxygen atoms in total. The van der Waals surface area contributed by atoms with Gasteiger partial charge in [-0.15, -0.1) is 0 Å². The number of nitrogens with one attached hydrogen (secondary N) is 1. The number of benzene rings is 1. The summed E-state index contributed by atoms with van der Waals surface area (Å²) in [6, 6.07) is 6.29. The Labute approximate surface area is 124 Å². The third-order valence-corrected chi connectivity index (χ3v) is 3.89. The molecule has 0 amide bonds. The summed E-state index contributed by atoms with van der Waals surface area (Å²) < 4.78 is 1.06. The second-order valence-corrected chi connectivity index (χ2v) is 5.77. The Bertz CT molecular complexity index is 403. The van der Waals surface area contributed by atoms with Crippen molar-refractivity contribution in [3.63, 3.8) is 0 Å². The van der Waals surface area contributed by atoms with E-state index >= 15 is 0 Å². The van der Waals surface area contributed by atoms with Gasteiger partial charge >= 0.3 is 0 Å². The maximum atomic E-state index is 5.99. The van der Waals surface area contributed by atoms with Crippen LogP contribution in [0.1, 0.15) is 44.7 Å². The van der Waals surface area contributed by atoms with Gasteiger partial charge in [-0.1, -0.05) is 59.6 Å². The quantitative estimate of drug-likeness (QED) is 0.651. The van der Waals surface area contributed by atoms with Crippen LogP contribution in [0.2, 0.25) is 5.02 Å². The van der Waals surface area contributed by atoms with Crippen LogP contribution in [0.3, 0.4) is 0 Å². The lowest BCUT2D eigenvalue weighted by Gasteiger charge is -2.21. The van der Waals surface area contributed by atoms with Crippen LogP contribution in [0.15, 0.2) is 34.8 Å². The van der Waals surface area contributed by atoms with Crippen molar-refractivity contribution in [3.05, 3.63) is 45.4 Å². The molecule has 1 aromatic carbocycles. The van der Waals surface area contributed by atoms with E-state index in [4.69, 9.17) is 11.6 Å². The molecule has 0 saturated carbocycles. The summed E-state index contributed by atoms with van der Waals surface area (Å²) >= 11 is 9.59. The first-order valence-corrected chi connectivity index (χ1v) is 7.60. The molecule has 1 atom stereocenters. The van der Waals surface area contributed by atoms with Gasteiger partial charge in [-0.25, -0.2) is 0 Å². The fraction of sp³-hybridized carbons (Fsp3) is 0.467. The highest BCUT2D eigenvalue weighted by Crippen LogP contribution is 2.30. The van der Waals surface area contributed by atoms with Crippen LogP contribution in [0.4, 0.5) is 0 Å². The first-order valence-electron chi connectivity index (χ1n) is 6.43. The highest BCUT2D eigenvalue weighted by atomic mass is 79.9. The fourth-order valence-electron chi connectivity index (χ4n) is 1.83. The lowest BCUT2D eigenvalue weighted by molar-refractivity contribution is 0.522. The summed E-state index contributed by atoms with van der Waals surface area (Å²) in [6.07, 6.45) is 3.12. The van der Waals surface area contributed by atoms with Gasteiger partial charge in [-0.05, 0) is 43.5 Å². The summed E-state index contributed by atoms with van der Waals surface area (Å²) in [4.78, 5) is 0. The molecule has 0 aromatic heterocycles. The van der Waals surface area contributed by atoms with Crippen molar-refractivity contribution in [3.8, 4) is 0 Å². The smallest absolute Gasteiger partial charge is 0.0417 e. The molecule has 1 unspecified atom stereocenters. The van der Waals surface area contributed by atoms with Crippen molar-refractivity contribution in [2.24, 2.45) is 0 Å². The van der Waals surface area contributed by atoms with Gasteiger partial charge in [0.05, 0.1) is 0 Å². The van der Waals surface area contributed by atoms with Gasteiger partial charge in [-0.2, -0.15) is 0 Å². The number of hydrogen-bond acceptors (Lipinski definition) is 1. The molecule has 100 valence electrons. The molecule has 0 spiro atoms. The van der Waals surface area contributed by atoms with E-state index in [1.807, 2.05) is 12.1 Å². The second-order valence-electron chi connectivity index (χ2n) is 4.48. The molecule has 0 aliphatic heterocycles. The van der Waals surface area contributed by atoms with Crippen LogP contribution in [0.25, 0.3) is 0 Å². The molecule has 1 N–H and O–H groups in total. The van der Waals surface area contributed by atoms with E-state index in [0.29, 0.717) is 6.04 Å². The molecular formula is C15H21BrClN. The fourth-order valence-corrected chi connectivity index (χ4v) is 2.79. The molecule has 18 heavy (non-hydrogen) atoms. The third kappa shape index (κ3) is 4.75. The van der Waals surface area contributed by atoms with E-state index in [0.717, 1.165) is 35.3 Å². The minimum Gasteiger partial charge on any atom is -0.310 e. The number of hydrogen-bond donors (Lipinski definition) is 1. The zero-order chi connectivity index (χ0) is 13.5. The molecule has 3 heteroatoms. The minimum atomic E-state index is 0.309. The average molecular weight is 331 g/mol. The van der Waals surface area contributed by atoms with Gasteiger partial charge in [0.25, 0.3) is 0 Å². The summed E-state index contributed by atoms with van der Waals surface area (Å²) in [5.74, 6) is 0. The van der Waals surface area contributed by atoms with Crippen LogP contribution >= 0.6 is 27.5 Å². The van der Waals surface area contributed by atoms with E-state index in [9.17, 15) is 0 Å². The van der Waals surface area contributed by atoms with Crippen molar-refractivity contribution >= 4 is 27.5 Å². The second kappa shape index (κ2) is 7.98. The van der Waals surface area contributed by atoms with Crippen LogP contribution in [-0.4, -0.2) is 6.54 Å². The Morgan fingerprint density at radius 3 is 2.72 bits per heavy atom. The Morgan fingerprint density at radius 2 is 2.17 bits per heavy atom. The largest absolute Gasteiger partial charge is 0.310 e. The van der Waals surface area contributed by atoms with E-state index in [1.165, 1.54) is 11.1 Å². The molecule has 1 rings (SSSR count). The Balaban J connectivity index is 2.89. The van der Waals surface area contributed by atoms with E-state index in [2.05, 4.69) is 47.7 Å². The van der Waals surface area contributed by atoms with Gasteiger partial charge in [-0.3, -0.25) is 0 Å². The van der Waals surface area contributed by atoms with E-state index < -0.39 is 0 Å². The summed E-state index contributed by atoms with van der Waals surface area (Å²) in [5.41, 5.74) is 2.52. The van der Waals surface area contributed by atoms with E-state index in [1.54, 1.807) is 0 Å². The molecule has 0 radical (unpaired) electrons. The minimum absolute atomic E-state index is 0.309. The zero-order valence-electron chi connectivity index (χ0n) is 11.1. The SMILES string of the molecule is C=C(CC)CC(NCCC)c1ccc(Cl)cc1Br. The van der Waals surface area contributed by atoms with Crippen molar-refractivity contribution in [2.75, 3.05) is 6.54 Å².